The number of thiazole rings is 1. The van der Waals surface area contributed by atoms with Gasteiger partial charge in [-0.2, -0.15) is 0 Å². The van der Waals surface area contributed by atoms with E-state index in [4.69, 9.17) is 0 Å². The highest BCUT2D eigenvalue weighted by Crippen LogP contribution is 2.29. The molecule has 0 aliphatic carbocycles. The lowest BCUT2D eigenvalue weighted by molar-refractivity contribution is -0.144. The van der Waals surface area contributed by atoms with Crippen LogP contribution in [0.1, 0.15) is 30.3 Å². The number of carboxylic acids is 1. The summed E-state index contributed by atoms with van der Waals surface area (Å²) < 4.78 is 0. The molecule has 5 nitrogen and oxygen atoms in total. The number of carbonyl (C=O) groups excluding carboxylic acids is 1. The van der Waals surface area contributed by atoms with Crippen molar-refractivity contribution in [2.75, 3.05) is 6.54 Å². The van der Waals surface area contributed by atoms with Crippen LogP contribution in [0.3, 0.4) is 0 Å². The molecule has 2 aromatic rings. The first-order valence-corrected chi connectivity index (χ1v) is 8.85. The van der Waals surface area contributed by atoms with Crippen molar-refractivity contribution in [1.82, 2.24) is 9.88 Å². The van der Waals surface area contributed by atoms with E-state index in [9.17, 15) is 14.7 Å². The first-order valence-electron chi connectivity index (χ1n) is 7.09. The fourth-order valence-electron chi connectivity index (χ4n) is 2.65. The van der Waals surface area contributed by atoms with E-state index in [0.717, 1.165) is 16.3 Å². The number of hydrogen-bond acceptors (Lipinski definition) is 5. The number of aromatic nitrogens is 1. The fraction of sp³-hybridized carbons (Fsp3) is 0.400. The third kappa shape index (κ3) is 2.91. The molecule has 3 heterocycles. The minimum absolute atomic E-state index is 0.279. The Morgan fingerprint density at radius 3 is 2.91 bits per heavy atom. The van der Waals surface area contributed by atoms with E-state index in [1.807, 2.05) is 24.4 Å². The number of likely N-dealkylation sites (tertiary alicyclic amines) is 1. The number of amides is 1. The van der Waals surface area contributed by atoms with Crippen molar-refractivity contribution in [1.29, 1.82) is 0 Å². The molecule has 0 radical (unpaired) electrons. The standard InChI is InChI=1S/C15H16N2O3S2/c1-9-4-5-17(11(7-9)15(19)20)14(18)10-8-22-13(16-10)12-3-2-6-21-12/h2-3,6,8-9,11H,4-5,7H2,1H3,(H,19,20). The molecule has 116 valence electrons. The van der Waals surface area contributed by atoms with Crippen molar-refractivity contribution >= 4 is 34.6 Å². The van der Waals surface area contributed by atoms with Gasteiger partial charge in [-0.1, -0.05) is 13.0 Å². The average Bonchev–Trinajstić information content (AvgIpc) is 3.17. The first-order chi connectivity index (χ1) is 10.6. The lowest BCUT2D eigenvalue weighted by Gasteiger charge is -2.35. The van der Waals surface area contributed by atoms with Crippen LogP contribution in [0.15, 0.2) is 22.9 Å². The largest absolute Gasteiger partial charge is 0.480 e. The zero-order valence-electron chi connectivity index (χ0n) is 12.1. The molecule has 1 saturated heterocycles. The Hall–Kier alpha value is -1.73. The van der Waals surface area contributed by atoms with Gasteiger partial charge in [-0.05, 0) is 30.2 Å². The predicted octanol–water partition coefficient (Wildman–Crippen LogP) is 3.20. The summed E-state index contributed by atoms with van der Waals surface area (Å²) in [6.45, 7) is 2.50. The second-order valence-corrected chi connectivity index (χ2v) is 7.30. The lowest BCUT2D eigenvalue weighted by atomic mass is 9.92. The number of piperidine rings is 1. The maximum atomic E-state index is 12.6. The van der Waals surface area contributed by atoms with Crippen molar-refractivity contribution in [3.05, 3.63) is 28.6 Å². The number of nitrogens with zero attached hydrogens (tertiary/aromatic N) is 2. The van der Waals surface area contributed by atoms with Crippen molar-refractivity contribution in [2.24, 2.45) is 5.92 Å². The lowest BCUT2D eigenvalue weighted by Crippen LogP contribution is -2.49. The molecule has 1 aliphatic rings. The van der Waals surface area contributed by atoms with Crippen molar-refractivity contribution in [3.8, 4) is 9.88 Å². The average molecular weight is 336 g/mol. The normalized spacial score (nSPS) is 21.8. The van der Waals surface area contributed by atoms with E-state index in [1.165, 1.54) is 16.2 Å². The van der Waals surface area contributed by atoms with Gasteiger partial charge in [-0.25, -0.2) is 9.78 Å². The Morgan fingerprint density at radius 2 is 2.23 bits per heavy atom. The molecular weight excluding hydrogens is 320 g/mol. The molecule has 0 spiro atoms. The molecule has 0 bridgehead atoms. The summed E-state index contributed by atoms with van der Waals surface area (Å²) in [4.78, 5) is 30.9. The summed E-state index contributed by atoms with van der Waals surface area (Å²) in [5.41, 5.74) is 0.342. The fourth-order valence-corrected chi connectivity index (χ4v) is 4.26. The van der Waals surface area contributed by atoms with Gasteiger partial charge in [-0.3, -0.25) is 4.79 Å². The first kappa shape index (κ1) is 15.2. The Kier molecular flexibility index (Phi) is 4.26. The van der Waals surface area contributed by atoms with Gasteiger partial charge in [0.05, 0.1) is 4.88 Å². The van der Waals surface area contributed by atoms with Gasteiger partial charge in [0.1, 0.15) is 16.7 Å². The van der Waals surface area contributed by atoms with Crippen LogP contribution in [0.4, 0.5) is 0 Å². The molecule has 2 unspecified atom stereocenters. The molecule has 0 aromatic carbocycles. The van der Waals surface area contributed by atoms with Gasteiger partial charge in [0.2, 0.25) is 0 Å². The van der Waals surface area contributed by atoms with Crippen LogP contribution in [0.2, 0.25) is 0 Å². The maximum absolute atomic E-state index is 12.6. The number of thiophene rings is 1. The van der Waals surface area contributed by atoms with E-state index in [1.54, 1.807) is 16.7 Å². The van der Waals surface area contributed by atoms with Gasteiger partial charge in [0.25, 0.3) is 5.91 Å². The molecule has 1 fully saturated rings. The third-order valence-electron chi connectivity index (χ3n) is 3.87. The Bertz CT molecular complexity index is 681. The summed E-state index contributed by atoms with van der Waals surface area (Å²) in [5.74, 6) is -0.894. The quantitative estimate of drug-likeness (QED) is 0.934. The number of carbonyl (C=O) groups is 2. The molecule has 2 aromatic heterocycles. The Morgan fingerprint density at radius 1 is 1.41 bits per heavy atom. The number of rotatable bonds is 3. The zero-order chi connectivity index (χ0) is 15.7. The summed E-state index contributed by atoms with van der Waals surface area (Å²) in [5, 5.41) is 13.8. The van der Waals surface area contributed by atoms with Crippen LogP contribution in [-0.2, 0) is 4.79 Å². The minimum atomic E-state index is -0.936. The van der Waals surface area contributed by atoms with Crippen LogP contribution in [0.25, 0.3) is 9.88 Å². The van der Waals surface area contributed by atoms with E-state index in [2.05, 4.69) is 4.98 Å². The van der Waals surface area contributed by atoms with E-state index >= 15 is 0 Å². The molecule has 3 rings (SSSR count). The summed E-state index contributed by atoms with van der Waals surface area (Å²) in [6, 6.07) is 3.15. The molecular formula is C15H16N2O3S2. The van der Waals surface area contributed by atoms with E-state index in [-0.39, 0.29) is 5.91 Å². The van der Waals surface area contributed by atoms with Gasteiger partial charge in [0.15, 0.2) is 0 Å². The summed E-state index contributed by atoms with van der Waals surface area (Å²) >= 11 is 2.99. The third-order valence-corrected chi connectivity index (χ3v) is 5.75. The number of aliphatic carboxylic acids is 1. The molecule has 0 saturated carbocycles. The highest BCUT2D eigenvalue weighted by Gasteiger charge is 2.35. The molecule has 1 amide bonds. The van der Waals surface area contributed by atoms with E-state index < -0.39 is 12.0 Å². The molecule has 1 aliphatic heterocycles. The van der Waals surface area contributed by atoms with Crippen molar-refractivity contribution < 1.29 is 14.7 Å². The van der Waals surface area contributed by atoms with Crippen LogP contribution < -0.4 is 0 Å². The molecule has 22 heavy (non-hydrogen) atoms. The smallest absolute Gasteiger partial charge is 0.326 e. The highest BCUT2D eigenvalue weighted by molar-refractivity contribution is 7.20. The number of hydrogen-bond donors (Lipinski definition) is 1. The van der Waals surface area contributed by atoms with Gasteiger partial charge < -0.3 is 10.0 Å². The van der Waals surface area contributed by atoms with Crippen molar-refractivity contribution in [2.45, 2.75) is 25.8 Å². The van der Waals surface area contributed by atoms with Crippen LogP contribution >= 0.6 is 22.7 Å². The van der Waals surface area contributed by atoms with Crippen molar-refractivity contribution in [3.63, 3.8) is 0 Å². The van der Waals surface area contributed by atoms with Gasteiger partial charge in [-0.15, -0.1) is 22.7 Å². The topological polar surface area (TPSA) is 70.5 Å². The predicted molar refractivity (Wildman–Crippen MR) is 86.3 cm³/mol. The highest BCUT2D eigenvalue weighted by atomic mass is 32.1. The maximum Gasteiger partial charge on any atom is 0.326 e. The zero-order valence-corrected chi connectivity index (χ0v) is 13.7. The summed E-state index contributed by atoms with van der Waals surface area (Å²) in [6.07, 6.45) is 1.33. The SMILES string of the molecule is CC1CCN(C(=O)c2csc(-c3cccs3)n2)C(C(=O)O)C1. The van der Waals surface area contributed by atoms with Crippen LogP contribution in [0, 0.1) is 5.92 Å². The number of carboxylic acid groups (broad SMARTS) is 1. The monoisotopic (exact) mass is 336 g/mol. The van der Waals surface area contributed by atoms with Gasteiger partial charge in [0, 0.05) is 11.9 Å². The second-order valence-electron chi connectivity index (χ2n) is 5.50. The molecule has 1 N–H and O–H groups in total. The molecule has 2 atom stereocenters. The summed E-state index contributed by atoms with van der Waals surface area (Å²) in [7, 11) is 0. The second kappa shape index (κ2) is 6.18. The van der Waals surface area contributed by atoms with Gasteiger partial charge >= 0.3 is 5.97 Å². The van der Waals surface area contributed by atoms with Crippen LogP contribution in [-0.4, -0.2) is 39.5 Å². The minimum Gasteiger partial charge on any atom is -0.480 e. The van der Waals surface area contributed by atoms with Crippen LogP contribution in [0.5, 0.6) is 0 Å². The Balaban J connectivity index is 1.82. The van der Waals surface area contributed by atoms with E-state index in [0.29, 0.717) is 24.6 Å². The Labute approximate surface area is 136 Å². The molecule has 7 heteroatoms.